The number of nitrogens with zero attached hydrogens (tertiary/aromatic N) is 1. The first-order valence-corrected chi connectivity index (χ1v) is 10.7. The summed E-state index contributed by atoms with van der Waals surface area (Å²) in [4.78, 5) is 38.8. The van der Waals surface area contributed by atoms with Gasteiger partial charge in [-0.2, -0.15) is 13.2 Å². The Bertz CT molecular complexity index is 1140. The summed E-state index contributed by atoms with van der Waals surface area (Å²) in [6.45, 7) is 6.36. The second kappa shape index (κ2) is 9.98. The molecule has 1 aliphatic heterocycles. The number of carbonyl (C=O) groups is 2. The number of halogens is 3. The smallest absolute Gasteiger partial charge is 0.431 e. The molecule has 9 nitrogen and oxygen atoms in total. The van der Waals surface area contributed by atoms with Gasteiger partial charge in [-0.3, -0.25) is 9.59 Å². The minimum atomic E-state index is -4.86. The number of hydrogen-bond acceptors (Lipinski definition) is 6. The first-order valence-electron chi connectivity index (χ1n) is 10.7. The third-order valence-corrected chi connectivity index (χ3v) is 4.98. The van der Waals surface area contributed by atoms with Gasteiger partial charge >= 0.3 is 12.3 Å². The monoisotopic (exact) mass is 497 g/mol. The van der Waals surface area contributed by atoms with E-state index in [1.807, 2.05) is 0 Å². The van der Waals surface area contributed by atoms with E-state index in [0.717, 1.165) is 6.07 Å². The Labute approximate surface area is 199 Å². The number of hydrogen-bond donors (Lipinski definition) is 2. The van der Waals surface area contributed by atoms with Crippen LogP contribution in [-0.4, -0.2) is 59.9 Å². The third-order valence-electron chi connectivity index (χ3n) is 4.98. The van der Waals surface area contributed by atoms with Crippen LogP contribution in [0.2, 0.25) is 0 Å². The van der Waals surface area contributed by atoms with Gasteiger partial charge in [-0.05, 0) is 44.5 Å². The Kier molecular flexibility index (Phi) is 7.44. The number of H-pyrrole nitrogens is 1. The van der Waals surface area contributed by atoms with Crippen molar-refractivity contribution in [3.63, 3.8) is 0 Å². The SMILES string of the molecule is CC(C)(C)OC(=O)N1CCOC(COc2ccc(-c3cc(C(N)=O)c(=O)[nH]c3C(F)(F)F)cc2)C1. The maximum atomic E-state index is 13.5. The molecule has 2 aromatic rings. The summed E-state index contributed by atoms with van der Waals surface area (Å²) in [7, 11) is 0. The van der Waals surface area contributed by atoms with E-state index in [1.54, 1.807) is 25.8 Å². The van der Waals surface area contributed by atoms with Gasteiger partial charge in [0.2, 0.25) is 0 Å². The predicted octanol–water partition coefficient (Wildman–Crippen LogP) is 3.17. The van der Waals surface area contributed by atoms with Crippen LogP contribution in [0.3, 0.4) is 0 Å². The van der Waals surface area contributed by atoms with Crippen molar-refractivity contribution in [3.8, 4) is 16.9 Å². The van der Waals surface area contributed by atoms with Crippen molar-refractivity contribution in [1.29, 1.82) is 0 Å². The largest absolute Gasteiger partial charge is 0.491 e. The number of alkyl halides is 3. The maximum absolute atomic E-state index is 13.5. The Hall–Kier alpha value is -3.54. The van der Waals surface area contributed by atoms with Gasteiger partial charge in [0.15, 0.2) is 0 Å². The van der Waals surface area contributed by atoms with Crippen LogP contribution in [0, 0.1) is 0 Å². The summed E-state index contributed by atoms with van der Waals surface area (Å²) in [5.74, 6) is -0.797. The number of nitrogens with two attached hydrogens (primary N) is 1. The fourth-order valence-corrected chi connectivity index (χ4v) is 3.40. The molecule has 1 unspecified atom stereocenters. The number of rotatable bonds is 5. The van der Waals surface area contributed by atoms with E-state index in [2.05, 4.69) is 0 Å². The first-order chi connectivity index (χ1) is 16.2. The highest BCUT2D eigenvalue weighted by molar-refractivity contribution is 5.94. The molecule has 0 aliphatic carbocycles. The van der Waals surface area contributed by atoms with Gasteiger partial charge in [0.05, 0.1) is 13.2 Å². The standard InChI is InChI=1S/C23H26F3N3O6/c1-22(2,3)35-21(32)29-8-9-33-15(11-29)12-34-14-6-4-13(5-7-14)16-10-17(19(27)30)20(31)28-18(16)23(24,25)26/h4-7,10,15H,8-9,11-12H2,1-3H3,(H2,27,30)(H,28,31). The summed E-state index contributed by atoms with van der Waals surface area (Å²) in [6, 6.07) is 6.43. The molecule has 35 heavy (non-hydrogen) atoms. The van der Waals surface area contributed by atoms with Crippen molar-refractivity contribution >= 4 is 12.0 Å². The number of pyridine rings is 1. The number of benzene rings is 1. The minimum Gasteiger partial charge on any atom is -0.491 e. The molecule has 1 aromatic carbocycles. The quantitative estimate of drug-likeness (QED) is 0.654. The average Bonchev–Trinajstić information content (AvgIpc) is 2.76. The number of morpholine rings is 1. The van der Waals surface area contributed by atoms with E-state index in [4.69, 9.17) is 19.9 Å². The highest BCUT2D eigenvalue weighted by atomic mass is 19.4. The Morgan fingerprint density at radius 3 is 2.43 bits per heavy atom. The highest BCUT2D eigenvalue weighted by Gasteiger charge is 2.36. The fourth-order valence-electron chi connectivity index (χ4n) is 3.40. The molecule has 1 fully saturated rings. The Morgan fingerprint density at radius 1 is 1.20 bits per heavy atom. The van der Waals surface area contributed by atoms with Crippen molar-refractivity contribution < 1.29 is 37.0 Å². The van der Waals surface area contributed by atoms with Gasteiger partial charge in [0.25, 0.3) is 11.5 Å². The van der Waals surface area contributed by atoms with E-state index in [9.17, 15) is 27.6 Å². The fraction of sp³-hybridized carbons (Fsp3) is 0.435. The van der Waals surface area contributed by atoms with Crippen molar-refractivity contribution in [2.45, 2.75) is 38.7 Å². The molecular weight excluding hydrogens is 471 g/mol. The number of aromatic amines is 1. The van der Waals surface area contributed by atoms with Crippen LogP contribution in [0.4, 0.5) is 18.0 Å². The summed E-state index contributed by atoms with van der Waals surface area (Å²) in [6.07, 6.45) is -5.74. The van der Waals surface area contributed by atoms with Crippen LogP contribution in [0.25, 0.3) is 11.1 Å². The average molecular weight is 497 g/mol. The van der Waals surface area contributed by atoms with Gasteiger partial charge in [-0.1, -0.05) is 12.1 Å². The molecule has 0 radical (unpaired) electrons. The lowest BCUT2D eigenvalue weighted by Crippen LogP contribution is -2.49. The van der Waals surface area contributed by atoms with Gasteiger partial charge < -0.3 is 29.8 Å². The van der Waals surface area contributed by atoms with E-state index in [0.29, 0.717) is 18.9 Å². The van der Waals surface area contributed by atoms with E-state index in [1.165, 1.54) is 29.2 Å². The van der Waals surface area contributed by atoms with Crippen LogP contribution in [0.15, 0.2) is 35.1 Å². The summed E-state index contributed by atoms with van der Waals surface area (Å²) < 4.78 is 57.1. The molecule has 1 atom stereocenters. The van der Waals surface area contributed by atoms with Gasteiger partial charge in [0, 0.05) is 12.1 Å². The zero-order valence-corrected chi connectivity index (χ0v) is 19.4. The predicted molar refractivity (Wildman–Crippen MR) is 119 cm³/mol. The van der Waals surface area contributed by atoms with Crippen LogP contribution >= 0.6 is 0 Å². The van der Waals surface area contributed by atoms with E-state index >= 15 is 0 Å². The number of primary amides is 1. The molecule has 190 valence electrons. The number of nitrogens with one attached hydrogen (secondary N) is 1. The summed E-state index contributed by atoms with van der Waals surface area (Å²) in [5.41, 5.74) is 1.07. The van der Waals surface area contributed by atoms with Gasteiger partial charge in [0.1, 0.15) is 35.3 Å². The lowest BCUT2D eigenvalue weighted by Gasteiger charge is -2.34. The Balaban J connectivity index is 1.71. The molecule has 3 N–H and O–H groups in total. The normalized spacial score (nSPS) is 16.6. The molecule has 1 saturated heterocycles. The second-order valence-corrected chi connectivity index (χ2v) is 8.92. The van der Waals surface area contributed by atoms with Crippen LogP contribution < -0.4 is 16.0 Å². The second-order valence-electron chi connectivity index (χ2n) is 8.92. The minimum absolute atomic E-state index is 0.0912. The molecule has 2 heterocycles. The molecule has 1 aromatic heterocycles. The summed E-state index contributed by atoms with van der Waals surface area (Å²) >= 11 is 0. The molecule has 3 rings (SSSR count). The lowest BCUT2D eigenvalue weighted by molar-refractivity contribution is -0.140. The third kappa shape index (κ3) is 6.75. The lowest BCUT2D eigenvalue weighted by atomic mass is 10.0. The molecule has 12 heteroatoms. The van der Waals surface area contributed by atoms with Crippen LogP contribution in [0.1, 0.15) is 36.8 Å². The zero-order valence-electron chi connectivity index (χ0n) is 19.4. The van der Waals surface area contributed by atoms with E-state index in [-0.39, 0.29) is 18.7 Å². The molecule has 0 bridgehead atoms. The van der Waals surface area contributed by atoms with Gasteiger partial charge in [-0.15, -0.1) is 0 Å². The van der Waals surface area contributed by atoms with E-state index < -0.39 is 52.3 Å². The van der Waals surface area contributed by atoms with Crippen molar-refractivity contribution in [2.24, 2.45) is 5.73 Å². The molecule has 0 saturated carbocycles. The molecule has 1 aliphatic rings. The maximum Gasteiger partial charge on any atom is 0.431 e. The Morgan fingerprint density at radius 2 is 1.86 bits per heavy atom. The summed E-state index contributed by atoms with van der Waals surface area (Å²) in [5, 5.41) is 0. The molecule has 0 spiro atoms. The highest BCUT2D eigenvalue weighted by Crippen LogP contribution is 2.35. The number of aromatic nitrogens is 1. The number of amides is 2. The first kappa shape index (κ1) is 26.1. The topological polar surface area (TPSA) is 124 Å². The van der Waals surface area contributed by atoms with Crippen LogP contribution in [0.5, 0.6) is 5.75 Å². The van der Waals surface area contributed by atoms with Crippen molar-refractivity contribution in [3.05, 3.63) is 51.9 Å². The van der Waals surface area contributed by atoms with Crippen LogP contribution in [-0.2, 0) is 15.7 Å². The van der Waals surface area contributed by atoms with Gasteiger partial charge in [-0.25, -0.2) is 4.79 Å². The number of carbonyl (C=O) groups excluding carboxylic acids is 2. The number of ether oxygens (including phenoxy) is 3. The van der Waals surface area contributed by atoms with Crippen molar-refractivity contribution in [2.75, 3.05) is 26.3 Å². The van der Waals surface area contributed by atoms with Crippen molar-refractivity contribution in [1.82, 2.24) is 9.88 Å². The zero-order chi connectivity index (χ0) is 26.0. The molecule has 2 amide bonds. The molecular formula is C23H26F3N3O6.